The van der Waals surface area contributed by atoms with E-state index in [0.29, 0.717) is 6.54 Å². The Kier molecular flexibility index (Phi) is 3.07. The standard InChI is InChI=1S/C15H22N2O2/c1-14(2,3)10-7-11-12(19-9-16-11)8-17(13(10)18)15(4,5)6/h7,9H,8H2,1-6H3. The maximum atomic E-state index is 12.8. The van der Waals surface area contributed by atoms with Gasteiger partial charge in [-0.05, 0) is 32.3 Å². The van der Waals surface area contributed by atoms with Crippen molar-refractivity contribution in [1.29, 1.82) is 0 Å². The molecule has 1 aliphatic rings. The topological polar surface area (TPSA) is 46.3 Å². The lowest BCUT2D eigenvalue weighted by Crippen LogP contribution is -2.46. The van der Waals surface area contributed by atoms with Crippen molar-refractivity contribution in [3.8, 4) is 0 Å². The summed E-state index contributed by atoms with van der Waals surface area (Å²) < 4.78 is 5.42. The van der Waals surface area contributed by atoms with E-state index < -0.39 is 0 Å². The van der Waals surface area contributed by atoms with Gasteiger partial charge in [-0.3, -0.25) is 4.79 Å². The zero-order valence-corrected chi connectivity index (χ0v) is 12.6. The van der Waals surface area contributed by atoms with Crippen molar-refractivity contribution in [2.24, 2.45) is 5.41 Å². The van der Waals surface area contributed by atoms with Crippen LogP contribution < -0.4 is 0 Å². The molecule has 0 saturated heterocycles. The number of carbonyl (C=O) groups is 1. The van der Waals surface area contributed by atoms with Gasteiger partial charge in [0.15, 0.2) is 12.2 Å². The zero-order chi connectivity index (χ0) is 14.4. The Morgan fingerprint density at radius 3 is 2.37 bits per heavy atom. The van der Waals surface area contributed by atoms with Crippen LogP contribution in [0, 0.1) is 5.41 Å². The van der Waals surface area contributed by atoms with E-state index in [9.17, 15) is 4.79 Å². The number of oxazole rings is 1. The molecule has 104 valence electrons. The molecule has 1 aliphatic heterocycles. The van der Waals surface area contributed by atoms with Gasteiger partial charge in [-0.1, -0.05) is 20.8 Å². The molecule has 0 aromatic carbocycles. The minimum absolute atomic E-state index is 0.0631. The fraction of sp³-hybridized carbons (Fsp3) is 0.600. The summed E-state index contributed by atoms with van der Waals surface area (Å²) in [6, 6.07) is 0. The van der Waals surface area contributed by atoms with Crippen LogP contribution in [0.3, 0.4) is 0 Å². The summed E-state index contributed by atoms with van der Waals surface area (Å²) in [6.45, 7) is 12.7. The number of aromatic nitrogens is 1. The molecular formula is C15H22N2O2. The van der Waals surface area contributed by atoms with Gasteiger partial charge < -0.3 is 9.32 Å². The summed E-state index contributed by atoms with van der Waals surface area (Å²) in [5.41, 5.74) is 1.07. The first-order valence-corrected chi connectivity index (χ1v) is 6.57. The number of fused-ring (bicyclic) bond motifs is 1. The lowest BCUT2D eigenvalue weighted by molar-refractivity contribution is -0.133. The van der Waals surface area contributed by atoms with Crippen LogP contribution in [-0.2, 0) is 11.3 Å². The van der Waals surface area contributed by atoms with Crippen LogP contribution in [0.25, 0.3) is 6.08 Å². The third-order valence-corrected chi connectivity index (χ3v) is 3.35. The molecule has 0 atom stereocenters. The van der Waals surface area contributed by atoms with Gasteiger partial charge in [-0.25, -0.2) is 4.98 Å². The highest BCUT2D eigenvalue weighted by atomic mass is 16.3. The summed E-state index contributed by atoms with van der Waals surface area (Å²) in [5.74, 6) is 0.815. The molecule has 2 heterocycles. The van der Waals surface area contributed by atoms with E-state index in [1.54, 1.807) is 0 Å². The Balaban J connectivity index is 2.57. The average molecular weight is 262 g/mol. The minimum Gasteiger partial charge on any atom is -0.446 e. The second kappa shape index (κ2) is 4.22. The predicted molar refractivity (Wildman–Crippen MR) is 74.2 cm³/mol. The summed E-state index contributed by atoms with van der Waals surface area (Å²) in [5, 5.41) is 0. The van der Waals surface area contributed by atoms with Crippen LogP contribution in [0.2, 0.25) is 0 Å². The maximum Gasteiger partial charge on any atom is 0.251 e. The number of hydrogen-bond donors (Lipinski definition) is 0. The third kappa shape index (κ3) is 2.57. The van der Waals surface area contributed by atoms with Crippen molar-refractivity contribution in [1.82, 2.24) is 9.88 Å². The monoisotopic (exact) mass is 262 g/mol. The van der Waals surface area contributed by atoms with Crippen LogP contribution >= 0.6 is 0 Å². The lowest BCUT2D eigenvalue weighted by atomic mass is 9.84. The first-order valence-electron chi connectivity index (χ1n) is 6.57. The fourth-order valence-corrected chi connectivity index (χ4v) is 2.15. The van der Waals surface area contributed by atoms with Crippen molar-refractivity contribution in [2.45, 2.75) is 53.6 Å². The molecule has 0 unspecified atom stereocenters. The quantitative estimate of drug-likeness (QED) is 0.721. The first kappa shape index (κ1) is 13.8. The molecule has 1 aromatic rings. The number of amides is 1. The summed E-state index contributed by atoms with van der Waals surface area (Å²) >= 11 is 0. The van der Waals surface area contributed by atoms with Gasteiger partial charge in [0.05, 0.1) is 6.54 Å². The fourth-order valence-electron chi connectivity index (χ4n) is 2.15. The molecule has 4 nitrogen and oxygen atoms in total. The van der Waals surface area contributed by atoms with Gasteiger partial charge in [0, 0.05) is 11.1 Å². The molecule has 19 heavy (non-hydrogen) atoms. The normalized spacial score (nSPS) is 17.1. The molecule has 0 fully saturated rings. The van der Waals surface area contributed by atoms with Gasteiger partial charge in [-0.2, -0.15) is 0 Å². The van der Waals surface area contributed by atoms with Crippen LogP contribution in [0.4, 0.5) is 0 Å². The second-order valence-corrected chi connectivity index (χ2v) is 7.03. The van der Waals surface area contributed by atoms with Gasteiger partial charge in [0.2, 0.25) is 0 Å². The summed E-state index contributed by atoms with van der Waals surface area (Å²) in [4.78, 5) is 18.9. The van der Waals surface area contributed by atoms with Gasteiger partial charge in [-0.15, -0.1) is 0 Å². The average Bonchev–Trinajstić information content (AvgIpc) is 2.60. The third-order valence-electron chi connectivity index (χ3n) is 3.35. The van der Waals surface area contributed by atoms with Crippen LogP contribution in [0.5, 0.6) is 0 Å². The highest BCUT2D eigenvalue weighted by molar-refractivity contribution is 6.00. The van der Waals surface area contributed by atoms with E-state index >= 15 is 0 Å². The van der Waals surface area contributed by atoms with Crippen LogP contribution in [0.1, 0.15) is 53.0 Å². The van der Waals surface area contributed by atoms with Gasteiger partial charge in [0.1, 0.15) is 5.69 Å². The summed E-state index contributed by atoms with van der Waals surface area (Å²) in [7, 11) is 0. The highest BCUT2D eigenvalue weighted by Crippen LogP contribution is 2.34. The molecule has 0 saturated carbocycles. The van der Waals surface area contributed by atoms with E-state index in [0.717, 1.165) is 17.0 Å². The van der Waals surface area contributed by atoms with Gasteiger partial charge in [0.25, 0.3) is 5.91 Å². The molecular weight excluding hydrogens is 240 g/mol. The van der Waals surface area contributed by atoms with E-state index in [-0.39, 0.29) is 16.9 Å². The molecule has 4 heteroatoms. The van der Waals surface area contributed by atoms with Crippen LogP contribution in [0.15, 0.2) is 16.4 Å². The Bertz CT molecular complexity index is 527. The van der Waals surface area contributed by atoms with Crippen molar-refractivity contribution < 1.29 is 9.21 Å². The largest absolute Gasteiger partial charge is 0.446 e. The number of rotatable bonds is 0. The van der Waals surface area contributed by atoms with E-state index in [1.165, 1.54) is 6.39 Å². The van der Waals surface area contributed by atoms with E-state index in [4.69, 9.17) is 4.42 Å². The smallest absolute Gasteiger partial charge is 0.251 e. The van der Waals surface area contributed by atoms with Crippen molar-refractivity contribution in [3.63, 3.8) is 0 Å². The van der Waals surface area contributed by atoms with E-state index in [2.05, 4.69) is 4.98 Å². The number of nitrogens with zero attached hydrogens (tertiary/aromatic N) is 2. The number of hydrogen-bond acceptors (Lipinski definition) is 3. The molecule has 0 bridgehead atoms. The Morgan fingerprint density at radius 2 is 1.84 bits per heavy atom. The Hall–Kier alpha value is -1.58. The zero-order valence-electron chi connectivity index (χ0n) is 12.6. The number of carbonyl (C=O) groups excluding carboxylic acids is 1. The second-order valence-electron chi connectivity index (χ2n) is 7.03. The van der Waals surface area contributed by atoms with Crippen molar-refractivity contribution >= 4 is 12.0 Å². The molecule has 0 radical (unpaired) electrons. The first-order chi connectivity index (χ1) is 8.60. The minimum atomic E-state index is -0.254. The summed E-state index contributed by atoms with van der Waals surface area (Å²) in [6.07, 6.45) is 3.31. The molecule has 1 amide bonds. The Morgan fingerprint density at radius 1 is 1.21 bits per heavy atom. The van der Waals surface area contributed by atoms with Crippen molar-refractivity contribution in [2.75, 3.05) is 0 Å². The lowest BCUT2D eigenvalue weighted by Gasteiger charge is -2.37. The Labute approximate surface area is 114 Å². The molecule has 1 aromatic heterocycles. The molecule has 0 spiro atoms. The van der Waals surface area contributed by atoms with Crippen molar-refractivity contribution in [3.05, 3.63) is 23.4 Å². The maximum absolute atomic E-state index is 12.8. The van der Waals surface area contributed by atoms with Crippen LogP contribution in [-0.4, -0.2) is 21.3 Å². The van der Waals surface area contributed by atoms with Gasteiger partial charge >= 0.3 is 0 Å². The highest BCUT2D eigenvalue weighted by Gasteiger charge is 2.36. The molecule has 0 aliphatic carbocycles. The predicted octanol–water partition coefficient (Wildman–Crippen LogP) is 3.24. The van der Waals surface area contributed by atoms with E-state index in [1.807, 2.05) is 52.5 Å². The molecule has 0 N–H and O–H groups in total. The molecule has 2 rings (SSSR count). The SMILES string of the molecule is CC(C)(C)C1=Cc2ncoc2CN(C(C)(C)C)C1=O.